The van der Waals surface area contributed by atoms with Crippen molar-refractivity contribution in [3.05, 3.63) is 52.2 Å². The second-order valence-electron chi connectivity index (χ2n) is 7.72. The van der Waals surface area contributed by atoms with E-state index >= 15 is 0 Å². The summed E-state index contributed by atoms with van der Waals surface area (Å²) < 4.78 is 5.13. The molecule has 2 aromatic rings. The molecule has 0 aliphatic carbocycles. The number of ether oxygens (including phenoxy) is 1. The molecule has 0 saturated carbocycles. The lowest BCUT2D eigenvalue weighted by Gasteiger charge is -2.41. The molecule has 7 nitrogen and oxygen atoms in total. The number of piperazine rings is 1. The third-order valence-electron chi connectivity index (χ3n) is 5.73. The minimum absolute atomic E-state index is 0.0531. The third-order valence-corrected chi connectivity index (χ3v) is 6.68. The summed E-state index contributed by atoms with van der Waals surface area (Å²) in [5.74, 6) is -0.473. The van der Waals surface area contributed by atoms with E-state index < -0.39 is 11.8 Å². The van der Waals surface area contributed by atoms with Crippen LogP contribution in [0.25, 0.3) is 0 Å². The van der Waals surface area contributed by atoms with Crippen LogP contribution in [0.5, 0.6) is 5.75 Å². The van der Waals surface area contributed by atoms with Crippen molar-refractivity contribution in [3.8, 4) is 5.75 Å². The van der Waals surface area contributed by atoms with Gasteiger partial charge in [0.15, 0.2) is 0 Å². The van der Waals surface area contributed by atoms with Crippen LogP contribution in [0.3, 0.4) is 0 Å². The number of nitrogens with one attached hydrogen (secondary N) is 2. The van der Waals surface area contributed by atoms with E-state index in [-0.39, 0.29) is 18.6 Å². The summed E-state index contributed by atoms with van der Waals surface area (Å²) in [5.41, 5.74) is 0.903. The van der Waals surface area contributed by atoms with Gasteiger partial charge in [0, 0.05) is 43.6 Å². The normalized spacial score (nSPS) is 17.0. The molecule has 0 spiro atoms. The molecule has 168 valence electrons. The molecule has 2 amide bonds. The summed E-state index contributed by atoms with van der Waals surface area (Å²) in [5, 5.41) is 7.68. The van der Waals surface area contributed by atoms with Crippen molar-refractivity contribution in [2.24, 2.45) is 0 Å². The third kappa shape index (κ3) is 6.29. The topological polar surface area (TPSA) is 73.9 Å². The Kier molecular flexibility index (Phi) is 8.45. The van der Waals surface area contributed by atoms with Crippen molar-refractivity contribution in [2.45, 2.75) is 32.5 Å². The fraction of sp³-hybridized carbons (Fsp3) is 0.478. The minimum Gasteiger partial charge on any atom is -0.497 e. The summed E-state index contributed by atoms with van der Waals surface area (Å²) >= 11 is 1.69. The highest BCUT2D eigenvalue weighted by Gasteiger charge is 2.31. The maximum absolute atomic E-state index is 12.6. The molecule has 1 aromatic heterocycles. The standard InChI is InChI=1S/C23H32N4O3S/c1-4-26-11-13-27(14-12-26)21(20-6-5-15-31-20)17(2)25-23(29)22(28)24-16-18-7-9-19(30-3)10-8-18/h5-10,15,17,21H,4,11-14,16H2,1-3H3,(H,24,28)(H,25,29)/t17-,21-/m1/s1. The van der Waals surface area contributed by atoms with E-state index in [9.17, 15) is 9.59 Å². The molecule has 1 saturated heterocycles. The predicted molar refractivity (Wildman–Crippen MR) is 123 cm³/mol. The number of benzene rings is 1. The molecule has 1 fully saturated rings. The average molecular weight is 445 g/mol. The lowest BCUT2D eigenvalue weighted by molar-refractivity contribution is -0.140. The monoisotopic (exact) mass is 444 g/mol. The number of hydrogen-bond acceptors (Lipinski definition) is 6. The quantitative estimate of drug-likeness (QED) is 0.611. The van der Waals surface area contributed by atoms with Gasteiger partial charge in [0.25, 0.3) is 0 Å². The summed E-state index contributed by atoms with van der Waals surface area (Å²) in [6, 6.07) is 11.4. The molecule has 0 unspecified atom stereocenters. The van der Waals surface area contributed by atoms with E-state index in [2.05, 4.69) is 38.8 Å². The molecule has 31 heavy (non-hydrogen) atoms. The summed E-state index contributed by atoms with van der Waals surface area (Å²) in [4.78, 5) is 31.0. The number of rotatable bonds is 8. The second kappa shape index (κ2) is 11.3. The first-order valence-corrected chi connectivity index (χ1v) is 11.6. The van der Waals surface area contributed by atoms with Crippen LogP contribution in [0.1, 0.15) is 30.3 Å². The average Bonchev–Trinajstić information content (AvgIpc) is 3.32. The Labute approximate surface area is 188 Å². The summed E-state index contributed by atoms with van der Waals surface area (Å²) in [6.45, 7) is 9.42. The zero-order valence-corrected chi connectivity index (χ0v) is 19.3. The minimum atomic E-state index is -0.622. The molecule has 8 heteroatoms. The number of carbonyl (C=O) groups is 2. The molecule has 1 aliphatic rings. The van der Waals surface area contributed by atoms with E-state index in [4.69, 9.17) is 4.74 Å². The Hall–Kier alpha value is -2.42. The largest absolute Gasteiger partial charge is 0.497 e. The van der Waals surface area contributed by atoms with E-state index in [0.29, 0.717) is 0 Å². The SMILES string of the molecule is CCN1CCN([C@@H](c2cccs2)[C@@H](C)NC(=O)C(=O)NCc2ccc(OC)cc2)CC1. The molecule has 0 radical (unpaired) electrons. The molecule has 1 aromatic carbocycles. The number of carbonyl (C=O) groups excluding carboxylic acids is 2. The number of amides is 2. The summed E-state index contributed by atoms with van der Waals surface area (Å²) in [6.07, 6.45) is 0. The van der Waals surface area contributed by atoms with Crippen LogP contribution in [-0.4, -0.2) is 67.5 Å². The van der Waals surface area contributed by atoms with Crippen LogP contribution < -0.4 is 15.4 Å². The van der Waals surface area contributed by atoms with Gasteiger partial charge in [0.1, 0.15) is 5.75 Å². The van der Waals surface area contributed by atoms with Crippen LogP contribution in [0.2, 0.25) is 0 Å². The predicted octanol–water partition coefficient (Wildman–Crippen LogP) is 2.26. The van der Waals surface area contributed by atoms with Gasteiger partial charge in [-0.25, -0.2) is 0 Å². The van der Waals surface area contributed by atoms with E-state index in [0.717, 1.165) is 44.0 Å². The number of thiophene rings is 1. The maximum atomic E-state index is 12.6. The van der Waals surface area contributed by atoms with E-state index in [1.165, 1.54) is 4.88 Å². The van der Waals surface area contributed by atoms with E-state index in [1.54, 1.807) is 18.4 Å². The maximum Gasteiger partial charge on any atom is 0.309 e. The van der Waals surface area contributed by atoms with Crippen molar-refractivity contribution in [1.82, 2.24) is 20.4 Å². The molecular weight excluding hydrogens is 412 g/mol. The first-order valence-electron chi connectivity index (χ1n) is 10.7. The van der Waals surface area contributed by atoms with Crippen molar-refractivity contribution in [1.29, 1.82) is 0 Å². The smallest absolute Gasteiger partial charge is 0.309 e. The highest BCUT2D eigenvalue weighted by Crippen LogP contribution is 2.29. The van der Waals surface area contributed by atoms with Gasteiger partial charge in [-0.15, -0.1) is 11.3 Å². The molecule has 1 aliphatic heterocycles. The Morgan fingerprint density at radius 2 is 1.81 bits per heavy atom. The molecule has 2 atom stereocenters. The lowest BCUT2D eigenvalue weighted by atomic mass is 10.0. The first-order chi connectivity index (χ1) is 15.0. The Balaban J connectivity index is 1.57. The Bertz CT molecular complexity index is 833. The van der Waals surface area contributed by atoms with Crippen molar-refractivity contribution < 1.29 is 14.3 Å². The number of likely N-dealkylation sites (N-methyl/N-ethyl adjacent to an activating group) is 1. The van der Waals surface area contributed by atoms with Gasteiger partial charge in [0.2, 0.25) is 0 Å². The van der Waals surface area contributed by atoms with E-state index in [1.807, 2.05) is 37.3 Å². The van der Waals surface area contributed by atoms with Gasteiger partial charge in [-0.05, 0) is 42.6 Å². The van der Waals surface area contributed by atoms with Crippen molar-refractivity contribution in [3.63, 3.8) is 0 Å². The zero-order chi connectivity index (χ0) is 22.2. The van der Waals surface area contributed by atoms with Gasteiger partial charge in [-0.1, -0.05) is 25.1 Å². The first kappa shape index (κ1) is 23.2. The number of methoxy groups -OCH3 is 1. The lowest BCUT2D eigenvalue weighted by Crippen LogP contribution is -2.53. The molecular formula is C23H32N4O3S. The van der Waals surface area contributed by atoms with Gasteiger partial charge in [0.05, 0.1) is 13.2 Å². The van der Waals surface area contributed by atoms with Crippen molar-refractivity contribution in [2.75, 3.05) is 39.8 Å². The zero-order valence-electron chi connectivity index (χ0n) is 18.5. The molecule has 0 bridgehead atoms. The van der Waals surface area contributed by atoms with Gasteiger partial charge < -0.3 is 20.3 Å². The Morgan fingerprint density at radius 1 is 1.10 bits per heavy atom. The van der Waals surface area contributed by atoms with Gasteiger partial charge in [-0.2, -0.15) is 0 Å². The van der Waals surface area contributed by atoms with Crippen LogP contribution in [-0.2, 0) is 16.1 Å². The fourth-order valence-corrected chi connectivity index (χ4v) is 4.88. The number of hydrogen-bond donors (Lipinski definition) is 2. The van der Waals surface area contributed by atoms with Crippen LogP contribution in [0.4, 0.5) is 0 Å². The van der Waals surface area contributed by atoms with Crippen molar-refractivity contribution >= 4 is 23.2 Å². The van der Waals surface area contributed by atoms with Gasteiger partial charge in [-0.3, -0.25) is 14.5 Å². The summed E-state index contributed by atoms with van der Waals surface area (Å²) in [7, 11) is 1.61. The molecule has 2 heterocycles. The van der Waals surface area contributed by atoms with Crippen LogP contribution >= 0.6 is 11.3 Å². The second-order valence-corrected chi connectivity index (χ2v) is 8.70. The Morgan fingerprint density at radius 3 is 2.39 bits per heavy atom. The molecule has 3 rings (SSSR count). The van der Waals surface area contributed by atoms with Crippen LogP contribution in [0.15, 0.2) is 41.8 Å². The number of nitrogens with zero attached hydrogens (tertiary/aromatic N) is 2. The fourth-order valence-electron chi connectivity index (χ4n) is 3.92. The molecule has 2 N–H and O–H groups in total. The highest BCUT2D eigenvalue weighted by atomic mass is 32.1. The highest BCUT2D eigenvalue weighted by molar-refractivity contribution is 7.10. The van der Waals surface area contributed by atoms with Gasteiger partial charge >= 0.3 is 11.8 Å². The van der Waals surface area contributed by atoms with Crippen LogP contribution in [0, 0.1) is 0 Å².